The first-order chi connectivity index (χ1) is 15.9. The molecule has 174 valence electrons. The van der Waals surface area contributed by atoms with Crippen LogP contribution in [0.1, 0.15) is 55.0 Å². The average molecular weight is 449 g/mol. The molecule has 0 spiro atoms. The number of Topliss-reactive ketones (excluding diaryl/α,β-unsaturated/α-hetero) is 1. The third-order valence-corrected chi connectivity index (χ3v) is 6.90. The number of aromatic hydroxyl groups is 1. The number of likely N-dealkylation sites (N-methyl/N-ethyl adjacent to an activating group) is 1. The van der Waals surface area contributed by atoms with Gasteiger partial charge in [-0.1, -0.05) is 38.1 Å². The summed E-state index contributed by atoms with van der Waals surface area (Å²) in [7, 11) is 0. The van der Waals surface area contributed by atoms with Crippen LogP contribution in [0, 0.1) is 0 Å². The molecule has 4 rings (SSSR count). The molecule has 0 radical (unpaired) electrons. The number of amides is 1. The van der Waals surface area contributed by atoms with Crippen molar-refractivity contribution in [2.24, 2.45) is 0 Å². The van der Waals surface area contributed by atoms with Crippen molar-refractivity contribution in [3.05, 3.63) is 70.3 Å². The Bertz CT molecular complexity index is 1090. The minimum absolute atomic E-state index is 0.0515. The van der Waals surface area contributed by atoms with Crippen LogP contribution in [0.15, 0.2) is 48.0 Å². The second kappa shape index (κ2) is 9.79. The number of likely N-dealkylation sites (tertiary alicyclic amines) is 1. The molecule has 1 heterocycles. The summed E-state index contributed by atoms with van der Waals surface area (Å²) < 4.78 is 0. The first-order valence-corrected chi connectivity index (χ1v) is 11.9. The number of ketones is 1. The molecule has 1 atom stereocenters. The highest BCUT2D eigenvalue weighted by Gasteiger charge is 2.46. The number of carbonyl (C=O) groups is 2. The predicted molar refractivity (Wildman–Crippen MR) is 128 cm³/mol. The Balaban J connectivity index is 1.79. The Labute approximate surface area is 195 Å². The minimum Gasteiger partial charge on any atom is -0.508 e. The number of aliphatic hydroxyl groups excluding tert-OH is 1. The molecule has 2 aromatic carbocycles. The Morgan fingerprint density at radius 1 is 1.03 bits per heavy atom. The standard InChI is InChI=1S/C27H32N2O4/c1-3-28(4-2)14-15-29-24(20-10-7-11-22(30)17-20)23(26(32)27(29)33)25(31)21-13-12-18-8-5-6-9-19(18)16-21/h7,10-13,16-17,24,30-31H,3-6,8-9,14-15H2,1-2H3/b25-23-. The molecular formula is C27H32N2O4. The summed E-state index contributed by atoms with van der Waals surface area (Å²) in [4.78, 5) is 30.0. The van der Waals surface area contributed by atoms with Gasteiger partial charge in [0, 0.05) is 18.7 Å². The van der Waals surface area contributed by atoms with Gasteiger partial charge in [0.25, 0.3) is 11.7 Å². The van der Waals surface area contributed by atoms with Crippen molar-refractivity contribution in [1.82, 2.24) is 9.80 Å². The van der Waals surface area contributed by atoms with Gasteiger partial charge in [0.15, 0.2) is 0 Å². The summed E-state index contributed by atoms with van der Waals surface area (Å²) in [5, 5.41) is 21.4. The van der Waals surface area contributed by atoms with Gasteiger partial charge in [-0.3, -0.25) is 9.59 Å². The number of fused-ring (bicyclic) bond motifs is 1. The Kier molecular flexibility index (Phi) is 6.84. The van der Waals surface area contributed by atoms with E-state index in [4.69, 9.17) is 0 Å². The van der Waals surface area contributed by atoms with Crippen LogP contribution in [0.3, 0.4) is 0 Å². The van der Waals surface area contributed by atoms with Crippen LogP contribution < -0.4 is 0 Å². The molecule has 0 bridgehead atoms. The molecule has 0 aromatic heterocycles. The highest BCUT2D eigenvalue weighted by molar-refractivity contribution is 6.46. The monoisotopic (exact) mass is 448 g/mol. The summed E-state index contributed by atoms with van der Waals surface area (Å²) in [5.41, 5.74) is 3.72. The van der Waals surface area contributed by atoms with E-state index in [0.29, 0.717) is 24.2 Å². The maximum atomic E-state index is 13.2. The van der Waals surface area contributed by atoms with E-state index in [1.54, 1.807) is 24.3 Å². The third kappa shape index (κ3) is 4.53. The topological polar surface area (TPSA) is 81.1 Å². The smallest absolute Gasteiger partial charge is 0.295 e. The van der Waals surface area contributed by atoms with E-state index < -0.39 is 17.7 Å². The van der Waals surface area contributed by atoms with Gasteiger partial charge in [-0.05, 0) is 73.7 Å². The second-order valence-electron chi connectivity index (χ2n) is 8.80. The number of benzene rings is 2. The Morgan fingerprint density at radius 3 is 2.45 bits per heavy atom. The van der Waals surface area contributed by atoms with Crippen LogP contribution in [0.4, 0.5) is 0 Å². The zero-order valence-corrected chi connectivity index (χ0v) is 19.4. The largest absolute Gasteiger partial charge is 0.508 e. The molecule has 2 aromatic rings. The van der Waals surface area contributed by atoms with Crippen LogP contribution in [0.2, 0.25) is 0 Å². The van der Waals surface area contributed by atoms with E-state index >= 15 is 0 Å². The molecule has 2 aliphatic rings. The molecule has 0 saturated carbocycles. The molecule has 1 saturated heterocycles. The first kappa shape index (κ1) is 23.1. The van der Waals surface area contributed by atoms with Gasteiger partial charge >= 0.3 is 0 Å². The molecule has 6 nitrogen and oxygen atoms in total. The van der Waals surface area contributed by atoms with E-state index in [1.807, 2.05) is 18.2 Å². The van der Waals surface area contributed by atoms with Crippen LogP contribution in [-0.4, -0.2) is 57.9 Å². The van der Waals surface area contributed by atoms with Crippen molar-refractivity contribution >= 4 is 17.4 Å². The number of nitrogens with zero attached hydrogens (tertiary/aromatic N) is 2. The van der Waals surface area contributed by atoms with E-state index in [9.17, 15) is 19.8 Å². The summed E-state index contributed by atoms with van der Waals surface area (Å²) in [6.07, 6.45) is 4.24. The van der Waals surface area contributed by atoms with E-state index in [1.165, 1.54) is 16.0 Å². The molecule has 2 N–H and O–H groups in total. The number of phenols is 1. The van der Waals surface area contributed by atoms with E-state index in [0.717, 1.165) is 38.8 Å². The Hall–Kier alpha value is -3.12. The quantitative estimate of drug-likeness (QED) is 0.380. The number of hydrogen-bond acceptors (Lipinski definition) is 5. The van der Waals surface area contributed by atoms with Gasteiger partial charge in [0.2, 0.25) is 0 Å². The van der Waals surface area contributed by atoms with Gasteiger partial charge in [0.1, 0.15) is 11.5 Å². The molecule has 1 aliphatic heterocycles. The molecule has 6 heteroatoms. The zero-order chi connectivity index (χ0) is 23.5. The molecule has 33 heavy (non-hydrogen) atoms. The van der Waals surface area contributed by atoms with Crippen molar-refractivity contribution in [2.75, 3.05) is 26.2 Å². The summed E-state index contributed by atoms with van der Waals surface area (Å²) in [5.74, 6) is -1.40. The second-order valence-corrected chi connectivity index (χ2v) is 8.80. The fraction of sp³-hybridized carbons (Fsp3) is 0.407. The fourth-order valence-electron chi connectivity index (χ4n) is 4.98. The van der Waals surface area contributed by atoms with Crippen molar-refractivity contribution in [3.8, 4) is 5.75 Å². The van der Waals surface area contributed by atoms with Crippen LogP contribution in [0.25, 0.3) is 5.76 Å². The van der Waals surface area contributed by atoms with Crippen LogP contribution in [0.5, 0.6) is 5.75 Å². The lowest BCUT2D eigenvalue weighted by atomic mass is 9.88. The Morgan fingerprint density at radius 2 is 1.76 bits per heavy atom. The molecular weight excluding hydrogens is 416 g/mol. The van der Waals surface area contributed by atoms with Gasteiger partial charge in [-0.25, -0.2) is 0 Å². The van der Waals surface area contributed by atoms with Gasteiger partial charge < -0.3 is 20.0 Å². The zero-order valence-electron chi connectivity index (χ0n) is 19.4. The number of hydrogen-bond donors (Lipinski definition) is 2. The lowest BCUT2D eigenvalue weighted by Crippen LogP contribution is -2.38. The number of carbonyl (C=O) groups excluding carboxylic acids is 2. The number of aliphatic hydroxyl groups is 1. The summed E-state index contributed by atoms with van der Waals surface area (Å²) in [6.45, 7) is 6.77. The van der Waals surface area contributed by atoms with Crippen molar-refractivity contribution in [2.45, 2.75) is 45.6 Å². The first-order valence-electron chi connectivity index (χ1n) is 11.9. The highest BCUT2D eigenvalue weighted by atomic mass is 16.3. The van der Waals surface area contributed by atoms with Crippen LogP contribution in [-0.2, 0) is 22.4 Å². The van der Waals surface area contributed by atoms with Gasteiger partial charge in [-0.15, -0.1) is 0 Å². The average Bonchev–Trinajstić information content (AvgIpc) is 3.09. The predicted octanol–water partition coefficient (Wildman–Crippen LogP) is 4.03. The summed E-state index contributed by atoms with van der Waals surface area (Å²) >= 11 is 0. The lowest BCUT2D eigenvalue weighted by Gasteiger charge is -2.28. The van der Waals surface area contributed by atoms with Gasteiger partial charge in [0.05, 0.1) is 11.6 Å². The number of aryl methyl sites for hydroxylation is 2. The molecule has 1 amide bonds. The fourth-order valence-corrected chi connectivity index (χ4v) is 4.98. The maximum Gasteiger partial charge on any atom is 0.295 e. The normalized spacial score (nSPS) is 19.8. The highest BCUT2D eigenvalue weighted by Crippen LogP contribution is 2.40. The molecule has 1 unspecified atom stereocenters. The lowest BCUT2D eigenvalue weighted by molar-refractivity contribution is -0.140. The summed E-state index contributed by atoms with van der Waals surface area (Å²) in [6, 6.07) is 11.6. The number of rotatable bonds is 7. The SMILES string of the molecule is CCN(CC)CCN1C(=O)C(=O)/C(=C(\O)c2ccc3c(c2)CCCC3)C1c1cccc(O)c1. The van der Waals surface area contributed by atoms with Gasteiger partial charge in [-0.2, -0.15) is 0 Å². The third-order valence-electron chi connectivity index (χ3n) is 6.90. The van der Waals surface area contributed by atoms with Crippen molar-refractivity contribution in [3.63, 3.8) is 0 Å². The van der Waals surface area contributed by atoms with Crippen molar-refractivity contribution in [1.29, 1.82) is 0 Å². The minimum atomic E-state index is -0.747. The van der Waals surface area contributed by atoms with E-state index in [2.05, 4.69) is 18.7 Å². The van der Waals surface area contributed by atoms with E-state index in [-0.39, 0.29) is 17.1 Å². The maximum absolute atomic E-state index is 13.2. The number of phenolic OH excluding ortho intramolecular Hbond substituents is 1. The van der Waals surface area contributed by atoms with Crippen molar-refractivity contribution < 1.29 is 19.8 Å². The molecule has 1 aliphatic carbocycles. The molecule has 1 fully saturated rings. The van der Waals surface area contributed by atoms with Crippen LogP contribution >= 0.6 is 0 Å².